The number of hydrogen-bond donors (Lipinski definition) is 1. The molecule has 3 aliphatic rings. The zero-order valence-corrected chi connectivity index (χ0v) is 19.0. The summed E-state index contributed by atoms with van der Waals surface area (Å²) in [6.07, 6.45) is 6.51. The quantitative estimate of drug-likeness (QED) is 0.784. The molecule has 2 heterocycles. The molecule has 0 aromatic heterocycles. The third kappa shape index (κ3) is 4.47. The summed E-state index contributed by atoms with van der Waals surface area (Å²) >= 11 is 0. The molecule has 1 saturated carbocycles. The molecule has 0 amide bonds. The molecule has 1 unspecified atom stereocenters. The molecule has 5 rings (SSSR count). The molecule has 2 aliphatic heterocycles. The smallest absolute Gasteiger partial charge is 0.0896 e. The molecule has 4 heteroatoms. The fourth-order valence-corrected chi connectivity index (χ4v) is 5.82. The maximum absolute atomic E-state index is 10.9. The Kier molecular flexibility index (Phi) is 5.94. The molecule has 0 radical (unpaired) electrons. The summed E-state index contributed by atoms with van der Waals surface area (Å²) in [6.45, 7) is 6.81. The maximum Gasteiger partial charge on any atom is 0.0896 e. The van der Waals surface area contributed by atoms with Gasteiger partial charge in [0.1, 0.15) is 0 Å². The van der Waals surface area contributed by atoms with Crippen LogP contribution in [0.5, 0.6) is 0 Å². The Morgan fingerprint density at radius 1 is 0.871 bits per heavy atom. The van der Waals surface area contributed by atoms with Crippen LogP contribution in [0.1, 0.15) is 43.2 Å². The summed E-state index contributed by atoms with van der Waals surface area (Å²) in [5, 5.41) is 10.9. The summed E-state index contributed by atoms with van der Waals surface area (Å²) in [7, 11) is 2.22. The number of rotatable bonds is 5. The molecule has 3 fully saturated rings. The molecule has 31 heavy (non-hydrogen) atoms. The highest BCUT2D eigenvalue weighted by molar-refractivity contribution is 5.55. The van der Waals surface area contributed by atoms with Crippen molar-refractivity contribution >= 4 is 11.4 Å². The zero-order chi connectivity index (χ0) is 21.3. The first-order valence-corrected chi connectivity index (χ1v) is 12.2. The number of nitrogens with zero attached hydrogens (tertiary/aromatic N) is 3. The summed E-state index contributed by atoms with van der Waals surface area (Å²) in [5.41, 5.74) is 4.78. The SMILES string of the molecule is CN1CCN(c2ccccc2CC2CCN(c3ccc(C4(O)CCCC4)cc3)C2)CC1. The Balaban J connectivity index is 1.23. The highest BCUT2D eigenvalue weighted by Gasteiger charge is 2.33. The van der Waals surface area contributed by atoms with Crippen molar-refractivity contribution in [2.45, 2.75) is 44.1 Å². The highest BCUT2D eigenvalue weighted by atomic mass is 16.3. The number of piperazine rings is 1. The average Bonchev–Trinajstić information content (AvgIpc) is 3.45. The third-order valence-corrected chi connectivity index (χ3v) is 7.83. The van der Waals surface area contributed by atoms with E-state index in [-0.39, 0.29) is 0 Å². The van der Waals surface area contributed by atoms with Gasteiger partial charge in [-0.2, -0.15) is 0 Å². The van der Waals surface area contributed by atoms with Gasteiger partial charge in [0.15, 0.2) is 0 Å². The number of hydrogen-bond acceptors (Lipinski definition) is 4. The molecule has 0 bridgehead atoms. The van der Waals surface area contributed by atoms with Gasteiger partial charge in [-0.25, -0.2) is 0 Å². The minimum atomic E-state index is -0.584. The van der Waals surface area contributed by atoms with Crippen molar-refractivity contribution < 1.29 is 5.11 Å². The lowest BCUT2D eigenvalue weighted by molar-refractivity contribution is 0.0445. The summed E-state index contributed by atoms with van der Waals surface area (Å²) < 4.78 is 0. The molecule has 2 aromatic carbocycles. The van der Waals surface area contributed by atoms with E-state index in [9.17, 15) is 5.11 Å². The molecule has 0 spiro atoms. The lowest BCUT2D eigenvalue weighted by atomic mass is 9.92. The first kappa shape index (κ1) is 20.8. The molecular formula is C27H37N3O. The number of anilines is 2. The molecule has 1 atom stereocenters. The van der Waals surface area contributed by atoms with Crippen LogP contribution in [0.2, 0.25) is 0 Å². The fourth-order valence-electron chi connectivity index (χ4n) is 5.82. The predicted octanol–water partition coefficient (Wildman–Crippen LogP) is 4.27. The van der Waals surface area contributed by atoms with Crippen molar-refractivity contribution in [3.05, 3.63) is 59.7 Å². The maximum atomic E-state index is 10.9. The van der Waals surface area contributed by atoms with Gasteiger partial charge in [-0.15, -0.1) is 0 Å². The summed E-state index contributed by atoms with van der Waals surface area (Å²) in [6, 6.07) is 17.8. The van der Waals surface area contributed by atoms with E-state index in [1.807, 2.05) is 0 Å². The van der Waals surface area contributed by atoms with Gasteiger partial charge in [0.25, 0.3) is 0 Å². The van der Waals surface area contributed by atoms with Crippen molar-refractivity contribution in [2.75, 3.05) is 56.1 Å². The molecular weight excluding hydrogens is 382 g/mol. The van der Waals surface area contributed by atoms with Gasteiger partial charge >= 0.3 is 0 Å². The molecule has 2 saturated heterocycles. The van der Waals surface area contributed by atoms with Crippen molar-refractivity contribution in [1.29, 1.82) is 0 Å². The normalized spacial score (nSPS) is 24.1. The first-order valence-electron chi connectivity index (χ1n) is 12.2. The van der Waals surface area contributed by atoms with Gasteiger partial charge in [0.2, 0.25) is 0 Å². The molecule has 2 aromatic rings. The lowest BCUT2D eigenvalue weighted by Crippen LogP contribution is -2.44. The fraction of sp³-hybridized carbons (Fsp3) is 0.556. The van der Waals surface area contributed by atoms with Crippen molar-refractivity contribution in [1.82, 2.24) is 4.90 Å². The number of likely N-dealkylation sites (N-methyl/N-ethyl adjacent to an activating group) is 1. The van der Waals surface area contributed by atoms with E-state index >= 15 is 0 Å². The van der Waals surface area contributed by atoms with Gasteiger partial charge in [-0.1, -0.05) is 43.2 Å². The standard InChI is InChI=1S/C27H37N3O/c1-28-16-18-29(19-17-28)26-7-3-2-6-23(26)20-22-12-15-30(21-22)25-10-8-24(9-11-25)27(31)13-4-5-14-27/h2-3,6-11,22,31H,4-5,12-21H2,1H3. The number of benzene rings is 2. The van der Waals surface area contributed by atoms with E-state index in [4.69, 9.17) is 0 Å². The second-order valence-electron chi connectivity index (χ2n) is 10.0. The van der Waals surface area contributed by atoms with Gasteiger partial charge in [-0.3, -0.25) is 0 Å². The van der Waals surface area contributed by atoms with Crippen molar-refractivity contribution in [2.24, 2.45) is 5.92 Å². The van der Waals surface area contributed by atoms with Gasteiger partial charge in [0.05, 0.1) is 5.60 Å². The van der Waals surface area contributed by atoms with Crippen molar-refractivity contribution in [3.63, 3.8) is 0 Å². The Bertz CT molecular complexity index is 866. The Labute approximate surface area is 187 Å². The van der Waals surface area contributed by atoms with E-state index in [0.29, 0.717) is 5.92 Å². The molecule has 166 valence electrons. The van der Waals surface area contributed by atoms with Crippen LogP contribution < -0.4 is 9.80 Å². The largest absolute Gasteiger partial charge is 0.385 e. The van der Waals surface area contributed by atoms with E-state index in [1.54, 1.807) is 0 Å². The van der Waals surface area contributed by atoms with Crippen LogP contribution in [-0.4, -0.2) is 56.3 Å². The Morgan fingerprint density at radius 3 is 2.32 bits per heavy atom. The molecule has 1 N–H and O–H groups in total. The zero-order valence-electron chi connectivity index (χ0n) is 19.0. The van der Waals surface area contributed by atoms with E-state index in [1.165, 1.54) is 23.4 Å². The molecule has 4 nitrogen and oxygen atoms in total. The van der Waals surface area contributed by atoms with E-state index in [0.717, 1.165) is 76.9 Å². The average molecular weight is 420 g/mol. The van der Waals surface area contributed by atoms with Crippen LogP contribution in [0.25, 0.3) is 0 Å². The van der Waals surface area contributed by atoms with Crippen LogP contribution >= 0.6 is 0 Å². The number of aliphatic hydroxyl groups is 1. The minimum absolute atomic E-state index is 0.584. The van der Waals surface area contributed by atoms with Crippen LogP contribution in [0.4, 0.5) is 11.4 Å². The summed E-state index contributed by atoms with van der Waals surface area (Å²) in [4.78, 5) is 7.53. The lowest BCUT2D eigenvalue weighted by Gasteiger charge is -2.35. The predicted molar refractivity (Wildman–Crippen MR) is 129 cm³/mol. The Morgan fingerprint density at radius 2 is 1.58 bits per heavy atom. The highest BCUT2D eigenvalue weighted by Crippen LogP contribution is 2.39. The Hall–Kier alpha value is -2.04. The minimum Gasteiger partial charge on any atom is -0.385 e. The third-order valence-electron chi connectivity index (χ3n) is 7.83. The first-order chi connectivity index (χ1) is 15.1. The van der Waals surface area contributed by atoms with Crippen LogP contribution in [0.3, 0.4) is 0 Å². The van der Waals surface area contributed by atoms with Gasteiger partial charge in [-0.05, 0) is 68.0 Å². The van der Waals surface area contributed by atoms with E-state index in [2.05, 4.69) is 70.3 Å². The van der Waals surface area contributed by atoms with E-state index < -0.39 is 5.60 Å². The molecule has 1 aliphatic carbocycles. The second kappa shape index (κ2) is 8.84. The van der Waals surface area contributed by atoms with Crippen LogP contribution in [0, 0.1) is 5.92 Å². The summed E-state index contributed by atoms with van der Waals surface area (Å²) in [5.74, 6) is 0.701. The van der Waals surface area contributed by atoms with Crippen LogP contribution in [0.15, 0.2) is 48.5 Å². The topological polar surface area (TPSA) is 30.0 Å². The monoisotopic (exact) mass is 419 g/mol. The number of para-hydroxylation sites is 1. The van der Waals surface area contributed by atoms with Crippen molar-refractivity contribution in [3.8, 4) is 0 Å². The second-order valence-corrected chi connectivity index (χ2v) is 10.0. The van der Waals surface area contributed by atoms with Gasteiger partial charge < -0.3 is 19.8 Å². The van der Waals surface area contributed by atoms with Gasteiger partial charge in [0, 0.05) is 50.6 Å². The van der Waals surface area contributed by atoms with Crippen LogP contribution in [-0.2, 0) is 12.0 Å².